The molecule has 0 saturated heterocycles. The SMILES string of the molecule is Cn1c(-c2[c-]c(-n3c4[c-]c(-c5nc6ccc(-c7ccc8ccccc8c7)cc6n5C)ccc4c4cccnc43)ccc2)nc2ccccc21.Cn1c(-c2[c-]c(-n3c4[c-]c(-c5nc6ccccc6n5C)ccc4c4cc(-c5ccc6ccccc6c5)ccc43)ccc2)nc2ccccc21.Cn1c(-c2[c-]c(-n3c4[c-]c(-c5nc6ccccc6n5C)ccc4c4ccc(-c5ccc6ccccc6c5)cc43)ccc2)nc2ccccc21.[Pt+2].[Pt+2].[Pt+2]. The van der Waals surface area contributed by atoms with Crippen LogP contribution in [0.4, 0.5) is 0 Å². The molecular weight excluding hydrogens is 2380 g/mol. The van der Waals surface area contributed by atoms with Gasteiger partial charge in [-0.2, -0.15) is 0 Å². The van der Waals surface area contributed by atoms with Gasteiger partial charge in [0.1, 0.15) is 5.65 Å². The zero-order valence-corrected chi connectivity index (χ0v) is 88.7. The molecular formula is C131H86N16Pt3. The van der Waals surface area contributed by atoms with Crippen LogP contribution in [-0.2, 0) is 105 Å². The van der Waals surface area contributed by atoms with Gasteiger partial charge in [0.2, 0.25) is 0 Å². The van der Waals surface area contributed by atoms with Crippen molar-refractivity contribution in [2.45, 2.75) is 0 Å². The molecule has 720 valence electrons. The van der Waals surface area contributed by atoms with E-state index >= 15 is 0 Å². The fraction of sp³-hybridized carbons (Fsp3) is 0.0458. The van der Waals surface area contributed by atoms with Gasteiger partial charge in [-0.3, -0.25) is 29.9 Å². The van der Waals surface area contributed by atoms with E-state index in [1.54, 1.807) is 0 Å². The summed E-state index contributed by atoms with van der Waals surface area (Å²) in [5.74, 6) is 5.25. The number of nitrogens with zero attached hydrogens (tertiary/aromatic N) is 16. The van der Waals surface area contributed by atoms with E-state index in [-0.39, 0.29) is 63.2 Å². The maximum absolute atomic E-state index is 5.10. The second-order valence-electron chi connectivity index (χ2n) is 37.9. The molecule has 0 amide bonds. The average Bonchev–Trinajstić information content (AvgIpc) is 1.58. The van der Waals surface area contributed by atoms with Gasteiger partial charge in [0, 0.05) is 59.5 Å². The van der Waals surface area contributed by atoms with Crippen LogP contribution >= 0.6 is 0 Å². The summed E-state index contributed by atoms with van der Waals surface area (Å²) >= 11 is 0. The average molecular weight is 2470 g/mol. The molecule has 0 fully saturated rings. The molecule has 0 atom stereocenters. The predicted octanol–water partition coefficient (Wildman–Crippen LogP) is 30.3. The minimum atomic E-state index is 0. The van der Waals surface area contributed by atoms with Gasteiger partial charge >= 0.3 is 63.2 Å². The van der Waals surface area contributed by atoms with E-state index in [4.69, 9.17) is 34.9 Å². The minimum Gasteiger partial charge on any atom is -0.367 e. The molecule has 0 saturated carbocycles. The number of hydrogen-bond acceptors (Lipinski definition) is 7. The molecule has 0 bridgehead atoms. The topological polar surface area (TPSA) is 135 Å². The van der Waals surface area contributed by atoms with E-state index < -0.39 is 0 Å². The molecule has 0 unspecified atom stereocenters. The van der Waals surface area contributed by atoms with Crippen LogP contribution in [0.5, 0.6) is 0 Å². The minimum absolute atomic E-state index is 0. The Hall–Kier alpha value is -17.4. The first-order valence-electron chi connectivity index (χ1n) is 49.3. The fourth-order valence-corrected chi connectivity index (χ4v) is 21.9. The molecule has 20 aromatic carbocycles. The number of aromatic nitrogens is 16. The summed E-state index contributed by atoms with van der Waals surface area (Å²) < 4.78 is 19.6. The first kappa shape index (κ1) is 93.7. The number of para-hydroxylation sites is 10. The van der Waals surface area contributed by atoms with Gasteiger partial charge < -0.3 is 41.1 Å². The van der Waals surface area contributed by atoms with Crippen molar-refractivity contribution in [1.29, 1.82) is 0 Å². The Bertz CT molecular complexity index is 10600. The van der Waals surface area contributed by atoms with E-state index in [9.17, 15) is 0 Å². The summed E-state index contributed by atoms with van der Waals surface area (Å²) in [7, 11) is 12.4. The summed E-state index contributed by atoms with van der Waals surface area (Å²) in [4.78, 5) is 34.9. The van der Waals surface area contributed by atoms with Crippen LogP contribution < -0.4 is 0 Å². The monoisotopic (exact) mass is 2470 g/mol. The number of hydrogen-bond donors (Lipinski definition) is 0. The van der Waals surface area contributed by atoms with Crippen molar-refractivity contribution in [3.63, 3.8) is 0 Å². The zero-order chi connectivity index (χ0) is 97.9. The molecule has 150 heavy (non-hydrogen) atoms. The summed E-state index contributed by atoms with van der Waals surface area (Å²) in [6, 6.07) is 165. The Balaban J connectivity index is 0.000000115. The number of aryl methyl sites for hydroxylation is 6. The number of imidazole rings is 6. The van der Waals surface area contributed by atoms with Crippen molar-refractivity contribution in [3.05, 3.63) is 449 Å². The van der Waals surface area contributed by atoms with E-state index in [0.717, 1.165) is 228 Å². The first-order chi connectivity index (χ1) is 72.3. The van der Waals surface area contributed by atoms with Crippen LogP contribution in [0.25, 0.3) is 283 Å². The molecule has 10 heterocycles. The van der Waals surface area contributed by atoms with Crippen LogP contribution in [0.3, 0.4) is 0 Å². The zero-order valence-electron chi connectivity index (χ0n) is 81.9. The maximum atomic E-state index is 5.10. The number of fused-ring (bicyclic) bond motifs is 18. The summed E-state index contributed by atoms with van der Waals surface area (Å²) in [5.41, 5.74) is 33.6. The standard InChI is InChI=1S/2C44H29N5.C43H28N6.3Pt/c1-47-40-16-7-5-14-37(40)45-43(47)32-12-9-13-34(25-32)49-39-23-21-31(30-19-18-28-10-3-4-11-29(28)24-30)26-36(39)35-22-20-33(27-42(35)49)44-46-38-15-6-8-17-41(38)48(44)2;1-47-39-16-7-5-14-37(39)45-43(47)32-12-9-13-34(25-32)49-41-26-31(30-19-18-28-10-3-4-11-29(28)24-30)20-22-35(41)36-23-21-33(27-42(36)49)44-46-38-15-6-8-17-40(38)48(44)2;1-47-38-15-6-5-14-36(38)45-41(47)31-11-7-12-33(24-31)49-39-26-32(18-20-34(39)35-13-8-22-44-43(35)49)42-46-37-21-19-30(25-40(37)48(42)2)29-17-16-27-9-3-4-10-28(27)23-29;;;/h2*3-24,26H,1-2H3;3-23,25H,1-2H3;;;/q3*-2;3*+2. The van der Waals surface area contributed by atoms with Crippen molar-refractivity contribution < 1.29 is 63.2 Å². The van der Waals surface area contributed by atoms with Crippen molar-refractivity contribution in [3.8, 4) is 119 Å². The van der Waals surface area contributed by atoms with Gasteiger partial charge in [-0.25, -0.2) is 4.98 Å². The summed E-state index contributed by atoms with van der Waals surface area (Å²) in [5, 5.41) is 14.1. The van der Waals surface area contributed by atoms with E-state index in [2.05, 4.69) is 478 Å². The quantitative estimate of drug-likeness (QED) is 0.111. The van der Waals surface area contributed by atoms with Gasteiger partial charge in [0.05, 0.1) is 101 Å². The molecule has 0 aliphatic rings. The Kier molecular flexibility index (Phi) is 23.6. The van der Waals surface area contributed by atoms with Crippen molar-refractivity contribution in [2.24, 2.45) is 42.3 Å². The second kappa shape index (κ2) is 37.8. The van der Waals surface area contributed by atoms with Crippen LogP contribution in [0, 0.1) is 36.4 Å². The summed E-state index contributed by atoms with van der Waals surface area (Å²) in [6.07, 6.45) is 1.84. The maximum Gasteiger partial charge on any atom is 2.00 e. The summed E-state index contributed by atoms with van der Waals surface area (Å²) in [6.45, 7) is 0. The largest absolute Gasteiger partial charge is 2.00 e. The molecule has 10 aromatic heterocycles. The molecule has 30 aromatic rings. The van der Waals surface area contributed by atoms with Crippen molar-refractivity contribution >= 4 is 164 Å². The smallest absolute Gasteiger partial charge is 0.367 e. The van der Waals surface area contributed by atoms with Crippen LogP contribution in [0.2, 0.25) is 0 Å². The molecule has 19 heteroatoms. The number of pyridine rings is 1. The fourth-order valence-electron chi connectivity index (χ4n) is 21.9. The van der Waals surface area contributed by atoms with E-state index in [1.165, 1.54) is 54.6 Å². The molecule has 0 N–H and O–H groups in total. The number of benzene rings is 20. The van der Waals surface area contributed by atoms with Crippen LogP contribution in [-0.4, -0.2) is 76.0 Å². The third kappa shape index (κ3) is 15.8. The Morgan fingerprint density at radius 1 is 0.180 bits per heavy atom. The van der Waals surface area contributed by atoms with Gasteiger partial charge in [-0.15, -0.1) is 161 Å². The Morgan fingerprint density at radius 3 is 0.867 bits per heavy atom. The number of rotatable bonds is 12. The molecule has 0 aliphatic heterocycles. The third-order valence-electron chi connectivity index (χ3n) is 29.4. The van der Waals surface area contributed by atoms with E-state index in [1.807, 2.05) is 54.7 Å². The predicted molar refractivity (Wildman–Crippen MR) is 600 cm³/mol. The molecule has 0 spiro atoms. The van der Waals surface area contributed by atoms with Gasteiger partial charge in [-0.1, -0.05) is 222 Å². The molecule has 16 nitrogen and oxygen atoms in total. The van der Waals surface area contributed by atoms with Crippen molar-refractivity contribution in [2.75, 3.05) is 0 Å². The van der Waals surface area contributed by atoms with Crippen LogP contribution in [0.15, 0.2) is 413 Å². The van der Waals surface area contributed by atoms with Crippen LogP contribution in [0.1, 0.15) is 0 Å². The van der Waals surface area contributed by atoms with Crippen molar-refractivity contribution in [1.82, 2.24) is 76.0 Å². The first-order valence-corrected chi connectivity index (χ1v) is 49.3. The second-order valence-corrected chi connectivity index (χ2v) is 37.9. The normalized spacial score (nSPS) is 11.6. The molecule has 30 rings (SSSR count). The van der Waals surface area contributed by atoms with Gasteiger partial charge in [0.25, 0.3) is 0 Å². The molecule has 0 aliphatic carbocycles. The Labute approximate surface area is 905 Å². The third-order valence-corrected chi connectivity index (χ3v) is 29.4. The molecule has 0 radical (unpaired) electrons. The van der Waals surface area contributed by atoms with Gasteiger partial charge in [0.15, 0.2) is 0 Å². The van der Waals surface area contributed by atoms with Gasteiger partial charge in [-0.05, 0) is 225 Å². The Morgan fingerprint density at radius 2 is 0.467 bits per heavy atom. The van der Waals surface area contributed by atoms with E-state index in [0.29, 0.717) is 0 Å².